The van der Waals surface area contributed by atoms with E-state index in [1.807, 2.05) is 94.4 Å². The Morgan fingerprint density at radius 2 is 1.26 bits per heavy atom. The maximum absolute atomic E-state index is 13.9. The van der Waals surface area contributed by atoms with Gasteiger partial charge in [0.15, 0.2) is 0 Å². The minimum absolute atomic E-state index is 0.0301. The highest BCUT2D eigenvalue weighted by molar-refractivity contribution is 5.88. The van der Waals surface area contributed by atoms with Crippen molar-refractivity contribution in [2.75, 3.05) is 0 Å². The van der Waals surface area contributed by atoms with Crippen LogP contribution in [-0.2, 0) is 16.1 Å². The number of hydrogen-bond donors (Lipinski definition) is 1. The van der Waals surface area contributed by atoms with Gasteiger partial charge in [-0.2, -0.15) is 0 Å². The Morgan fingerprint density at radius 1 is 0.794 bits per heavy atom. The summed E-state index contributed by atoms with van der Waals surface area (Å²) >= 11 is 0. The summed E-state index contributed by atoms with van der Waals surface area (Å²) in [6.45, 7) is 8.24. The van der Waals surface area contributed by atoms with E-state index >= 15 is 0 Å². The zero-order valence-corrected chi connectivity index (χ0v) is 20.7. The van der Waals surface area contributed by atoms with Gasteiger partial charge in [0.1, 0.15) is 6.04 Å². The van der Waals surface area contributed by atoms with Crippen molar-refractivity contribution >= 4 is 11.8 Å². The predicted molar refractivity (Wildman–Crippen MR) is 138 cm³/mol. The summed E-state index contributed by atoms with van der Waals surface area (Å²) in [5.41, 5.74) is 2.82. The average molecular weight is 457 g/mol. The van der Waals surface area contributed by atoms with Crippen molar-refractivity contribution in [3.05, 3.63) is 108 Å². The van der Waals surface area contributed by atoms with Crippen LogP contribution in [0.1, 0.15) is 63.1 Å². The highest BCUT2D eigenvalue weighted by Gasteiger charge is 2.32. The molecular formula is C30H36N2O2. The lowest BCUT2D eigenvalue weighted by atomic mass is 9.88. The van der Waals surface area contributed by atoms with Crippen LogP contribution in [0.4, 0.5) is 0 Å². The van der Waals surface area contributed by atoms with Gasteiger partial charge in [0.25, 0.3) is 0 Å². The Kier molecular flexibility index (Phi) is 8.64. The lowest BCUT2D eigenvalue weighted by Crippen LogP contribution is -2.53. The van der Waals surface area contributed by atoms with Crippen molar-refractivity contribution in [3.8, 4) is 0 Å². The number of hydrogen-bond acceptors (Lipinski definition) is 2. The van der Waals surface area contributed by atoms with Gasteiger partial charge in [-0.25, -0.2) is 0 Å². The first-order chi connectivity index (χ1) is 16.3. The first-order valence-electron chi connectivity index (χ1n) is 12.0. The Morgan fingerprint density at radius 3 is 1.71 bits per heavy atom. The van der Waals surface area contributed by atoms with E-state index in [-0.39, 0.29) is 23.3 Å². The number of amides is 2. The molecule has 1 unspecified atom stereocenters. The Balaban J connectivity index is 1.94. The lowest BCUT2D eigenvalue weighted by molar-refractivity contribution is -0.142. The minimum atomic E-state index is -0.542. The maximum atomic E-state index is 13.9. The van der Waals surface area contributed by atoms with Crippen molar-refractivity contribution in [2.45, 2.75) is 64.6 Å². The van der Waals surface area contributed by atoms with Crippen molar-refractivity contribution in [3.63, 3.8) is 0 Å². The van der Waals surface area contributed by atoms with Gasteiger partial charge >= 0.3 is 0 Å². The lowest BCUT2D eigenvalue weighted by Gasteiger charge is -2.34. The van der Waals surface area contributed by atoms with Crippen LogP contribution in [-0.4, -0.2) is 28.3 Å². The molecule has 0 radical (unpaired) electrons. The van der Waals surface area contributed by atoms with E-state index in [0.29, 0.717) is 19.4 Å². The molecule has 178 valence electrons. The van der Waals surface area contributed by atoms with Crippen LogP contribution in [0.3, 0.4) is 0 Å². The van der Waals surface area contributed by atoms with Crippen molar-refractivity contribution in [2.24, 2.45) is 0 Å². The predicted octanol–water partition coefficient (Wildman–Crippen LogP) is 5.93. The van der Waals surface area contributed by atoms with Gasteiger partial charge < -0.3 is 10.2 Å². The van der Waals surface area contributed by atoms with Crippen molar-refractivity contribution in [1.82, 2.24) is 10.2 Å². The molecule has 3 aromatic carbocycles. The molecule has 4 heteroatoms. The highest BCUT2D eigenvalue weighted by Crippen LogP contribution is 2.29. The van der Waals surface area contributed by atoms with Gasteiger partial charge in [0.2, 0.25) is 11.8 Å². The molecule has 0 aliphatic heterocycles. The maximum Gasteiger partial charge on any atom is 0.243 e. The van der Waals surface area contributed by atoms with Gasteiger partial charge in [0.05, 0.1) is 0 Å². The number of nitrogens with one attached hydrogen (secondary N) is 1. The van der Waals surface area contributed by atoms with Gasteiger partial charge in [-0.15, -0.1) is 0 Å². The first kappa shape index (κ1) is 25.2. The molecule has 3 rings (SSSR count). The number of rotatable bonds is 9. The van der Waals surface area contributed by atoms with Crippen LogP contribution in [0.25, 0.3) is 0 Å². The van der Waals surface area contributed by atoms with Crippen LogP contribution in [0.2, 0.25) is 0 Å². The van der Waals surface area contributed by atoms with Crippen LogP contribution in [0.15, 0.2) is 91.0 Å². The average Bonchev–Trinajstić information content (AvgIpc) is 2.83. The molecule has 0 bridgehead atoms. The van der Waals surface area contributed by atoms with E-state index in [2.05, 4.69) is 29.6 Å². The van der Waals surface area contributed by atoms with E-state index in [1.54, 1.807) is 4.90 Å². The normalized spacial score (nSPS) is 12.3. The first-order valence-corrected chi connectivity index (χ1v) is 12.0. The summed E-state index contributed by atoms with van der Waals surface area (Å²) in [6.07, 6.45) is 0.835. The summed E-state index contributed by atoms with van der Waals surface area (Å²) in [4.78, 5) is 28.9. The highest BCUT2D eigenvalue weighted by atomic mass is 16.2. The molecule has 0 saturated carbocycles. The molecule has 2 amide bonds. The van der Waals surface area contributed by atoms with Gasteiger partial charge in [-0.1, -0.05) is 97.9 Å². The summed E-state index contributed by atoms with van der Waals surface area (Å²) < 4.78 is 0. The topological polar surface area (TPSA) is 49.4 Å². The van der Waals surface area contributed by atoms with Crippen LogP contribution in [0, 0.1) is 0 Å². The quantitative estimate of drug-likeness (QED) is 0.434. The summed E-state index contributed by atoms with van der Waals surface area (Å²) in [5.74, 6) is -0.232. The third-order valence-corrected chi connectivity index (χ3v) is 5.86. The number of carbonyl (C=O) groups excluding carboxylic acids is 2. The smallest absolute Gasteiger partial charge is 0.243 e. The monoisotopic (exact) mass is 456 g/mol. The second-order valence-electron chi connectivity index (χ2n) is 9.75. The van der Waals surface area contributed by atoms with E-state index in [1.165, 1.54) is 0 Å². The third-order valence-electron chi connectivity index (χ3n) is 5.86. The second kappa shape index (κ2) is 11.6. The van der Waals surface area contributed by atoms with E-state index in [0.717, 1.165) is 16.7 Å². The van der Waals surface area contributed by atoms with E-state index in [9.17, 15) is 9.59 Å². The third kappa shape index (κ3) is 7.05. The molecule has 1 atom stereocenters. The molecule has 1 N–H and O–H groups in total. The number of carbonyl (C=O) groups is 2. The molecule has 34 heavy (non-hydrogen) atoms. The number of nitrogens with zero attached hydrogens (tertiary/aromatic N) is 1. The molecule has 0 saturated heterocycles. The molecule has 0 heterocycles. The summed E-state index contributed by atoms with van der Waals surface area (Å²) in [7, 11) is 0. The van der Waals surface area contributed by atoms with Crippen molar-refractivity contribution < 1.29 is 9.59 Å². The summed E-state index contributed by atoms with van der Waals surface area (Å²) in [5, 5.41) is 3.08. The van der Waals surface area contributed by atoms with Gasteiger partial charge in [-0.3, -0.25) is 9.59 Å². The van der Waals surface area contributed by atoms with Crippen LogP contribution < -0.4 is 5.32 Å². The van der Waals surface area contributed by atoms with Gasteiger partial charge in [0, 0.05) is 24.4 Å². The standard InChI is InChI=1S/C30H36N2O2/c1-5-27(29(34)31-30(2,3)4)32(22-23-15-9-6-10-16-23)28(33)21-26(24-17-11-7-12-18-24)25-19-13-8-14-20-25/h6-20,26-27H,5,21-22H2,1-4H3,(H,31,34). The molecule has 0 aliphatic rings. The second-order valence-corrected chi connectivity index (χ2v) is 9.75. The zero-order chi connectivity index (χ0) is 24.6. The molecule has 4 nitrogen and oxygen atoms in total. The minimum Gasteiger partial charge on any atom is -0.350 e. The Hall–Kier alpha value is -3.40. The fourth-order valence-corrected chi connectivity index (χ4v) is 4.24. The fourth-order valence-electron chi connectivity index (χ4n) is 4.24. The fraction of sp³-hybridized carbons (Fsp3) is 0.333. The van der Waals surface area contributed by atoms with E-state index in [4.69, 9.17) is 0 Å². The van der Waals surface area contributed by atoms with Crippen LogP contribution in [0.5, 0.6) is 0 Å². The SMILES string of the molecule is CCC(C(=O)NC(C)(C)C)N(Cc1ccccc1)C(=O)CC(c1ccccc1)c1ccccc1. The molecule has 3 aromatic rings. The Labute approximate surface area is 204 Å². The van der Waals surface area contributed by atoms with Crippen LogP contribution >= 0.6 is 0 Å². The van der Waals surface area contributed by atoms with Crippen molar-refractivity contribution in [1.29, 1.82) is 0 Å². The number of benzene rings is 3. The summed E-state index contributed by atoms with van der Waals surface area (Å²) in [6, 6.07) is 29.6. The molecule has 0 fully saturated rings. The molecule has 0 aromatic heterocycles. The Bertz CT molecular complexity index is 1000. The van der Waals surface area contributed by atoms with Gasteiger partial charge in [-0.05, 0) is 43.9 Å². The molecule has 0 aliphatic carbocycles. The molecule has 0 spiro atoms. The molecular weight excluding hydrogens is 420 g/mol. The van der Waals surface area contributed by atoms with E-state index < -0.39 is 6.04 Å². The largest absolute Gasteiger partial charge is 0.350 e. The zero-order valence-electron chi connectivity index (χ0n) is 20.7.